The first-order chi connectivity index (χ1) is 38.1. The molecule has 0 unspecified atom stereocenters. The van der Waals surface area contributed by atoms with Gasteiger partial charge >= 0.3 is 0 Å². The van der Waals surface area contributed by atoms with Crippen molar-refractivity contribution >= 4 is 67.1 Å². The number of nitrogens with one attached hydrogen (secondary N) is 6. The summed E-state index contributed by atoms with van der Waals surface area (Å²) >= 11 is 0. The summed E-state index contributed by atoms with van der Waals surface area (Å²) in [7, 11) is 0. The Morgan fingerprint density at radius 1 is 0.494 bits per heavy atom. The molecule has 6 aromatic carbocycles. The van der Waals surface area contributed by atoms with Crippen molar-refractivity contribution in [1.29, 1.82) is 0 Å². The van der Waals surface area contributed by atoms with Crippen molar-refractivity contribution in [3.8, 4) is 0 Å². The van der Waals surface area contributed by atoms with Crippen molar-refractivity contribution in [2.75, 3.05) is 28.2 Å². The SMILES string of the molecule is C.C=C1Cc2cc(C(C)C)ccc2N1.C=C1Cc2cc(C(C)C)ccc2N1.CC(C)c1ccc2[nH]ccc2c1.CC(C)c1ccc2nc(N)ncc2c1.CCNc1nc2ccc(C(C)C)cc2[nH]1.Cc1nc2ccc(C(C)C)cc2[nH]1. The molecule has 81 heavy (non-hydrogen) atoms. The molecule has 0 saturated carbocycles. The number of nitrogens with zero attached hydrogens (tertiary/aromatic N) is 4. The minimum absolute atomic E-state index is 0. The average molecular weight is 1090 g/mol. The summed E-state index contributed by atoms with van der Waals surface area (Å²) < 4.78 is 0. The highest BCUT2D eigenvalue weighted by Gasteiger charge is 2.15. The number of fused-ring (bicyclic) bond motifs is 6. The number of imidazole rings is 2. The first kappa shape index (κ1) is 62.0. The number of anilines is 4. The topological polar surface area (TPSA) is 161 Å². The molecular weight excluding hydrogens is 995 g/mol. The van der Waals surface area contributed by atoms with E-state index in [2.05, 4.69) is 263 Å². The van der Waals surface area contributed by atoms with Crippen molar-refractivity contribution in [2.24, 2.45) is 0 Å². The first-order valence-electron chi connectivity index (χ1n) is 28.6. The highest BCUT2D eigenvalue weighted by molar-refractivity contribution is 5.81. The Labute approximate surface area is 483 Å². The summed E-state index contributed by atoms with van der Waals surface area (Å²) in [5.74, 6) is 5.66. The molecule has 0 bridgehead atoms. The van der Waals surface area contributed by atoms with Crippen LogP contribution in [0.3, 0.4) is 0 Å². The first-order valence-corrected chi connectivity index (χ1v) is 28.6. The van der Waals surface area contributed by atoms with E-state index in [-0.39, 0.29) is 7.43 Å². The summed E-state index contributed by atoms with van der Waals surface area (Å²) in [4.78, 5) is 26.6. The third-order valence-electron chi connectivity index (χ3n) is 14.4. The van der Waals surface area contributed by atoms with Gasteiger partial charge in [-0.25, -0.2) is 19.9 Å². The molecule has 0 fully saturated rings. The van der Waals surface area contributed by atoms with Crippen LogP contribution in [0.2, 0.25) is 0 Å². The number of hydrogen-bond acceptors (Lipinski definition) is 8. The van der Waals surface area contributed by atoms with Crippen molar-refractivity contribution in [2.45, 2.75) is 153 Å². The van der Waals surface area contributed by atoms with Gasteiger partial charge < -0.3 is 36.6 Å². The Balaban J connectivity index is 0.000000156. The second-order valence-corrected chi connectivity index (χ2v) is 22.9. The standard InChI is InChI=1S/C12H17N3.2C12H15N.C11H13N3.C11H14N2.C11H13N.CH4/c1-4-13-12-14-10-6-5-9(8(2)3)7-11(10)15-12;2*1-8(2)10-4-5-12-11(7-10)6-9(3)13-12;1-7(2)8-3-4-10-9(5-8)6-13-11(12)14-10;1-7(2)9-4-5-10-11(6-9)13-8(3)12-10;1-8(2)9-3-4-11-10(7-9)5-6-12-11;/h5-8H,4H2,1-3H3,(H2,13,14,15);2*4-5,7-8,13H,3,6H2,1-2H3;3-7H,1-2H3,(H2,12,13,14);4-7H,1-3H3,(H,12,13);3-8,12H,1-2H3;1H4. The monoisotopic (exact) mass is 1090 g/mol. The van der Waals surface area contributed by atoms with Crippen molar-refractivity contribution in [3.63, 3.8) is 0 Å². The predicted octanol–water partition coefficient (Wildman–Crippen LogP) is 19.0. The van der Waals surface area contributed by atoms with E-state index < -0.39 is 0 Å². The van der Waals surface area contributed by atoms with E-state index in [4.69, 9.17) is 5.73 Å². The molecule has 0 amide bonds. The lowest BCUT2D eigenvalue weighted by Gasteiger charge is -2.06. The van der Waals surface area contributed by atoms with Crippen LogP contribution < -0.4 is 21.7 Å². The van der Waals surface area contributed by atoms with Crippen LogP contribution in [0, 0.1) is 6.92 Å². The van der Waals surface area contributed by atoms with Crippen LogP contribution in [0.25, 0.3) is 43.9 Å². The second kappa shape index (κ2) is 28.3. The maximum absolute atomic E-state index is 5.50. The number of rotatable bonds is 8. The number of nitrogen functional groups attached to an aromatic ring is 1. The van der Waals surface area contributed by atoms with Gasteiger partial charge in [0.05, 0.1) is 27.6 Å². The highest BCUT2D eigenvalue weighted by atomic mass is 15.1. The zero-order valence-corrected chi connectivity index (χ0v) is 50.0. The summed E-state index contributed by atoms with van der Waals surface area (Å²) in [6.07, 6.45) is 5.71. The molecule has 11 nitrogen and oxygen atoms in total. The largest absolute Gasteiger partial charge is 0.368 e. The molecule has 11 heteroatoms. The quantitative estimate of drug-likeness (QED) is 0.0792. The Hall–Kier alpha value is -8.18. The Morgan fingerprint density at radius 3 is 1.43 bits per heavy atom. The van der Waals surface area contributed by atoms with Gasteiger partial charge in [-0.15, -0.1) is 0 Å². The molecule has 4 aromatic heterocycles. The summed E-state index contributed by atoms with van der Waals surface area (Å²) in [6.45, 7) is 39.2. The number of aromatic nitrogens is 7. The molecule has 0 aliphatic carbocycles. The summed E-state index contributed by atoms with van der Waals surface area (Å²) in [5.41, 5.74) is 27.6. The lowest BCUT2D eigenvalue weighted by Crippen LogP contribution is -1.97. The van der Waals surface area contributed by atoms with Gasteiger partial charge in [0.15, 0.2) is 0 Å². The third kappa shape index (κ3) is 16.9. The zero-order valence-electron chi connectivity index (χ0n) is 50.0. The molecule has 0 radical (unpaired) electrons. The molecule has 6 heterocycles. The number of H-pyrrole nitrogens is 3. The van der Waals surface area contributed by atoms with Crippen LogP contribution in [-0.4, -0.2) is 41.4 Å². The molecular formula is C70H91N11. The minimum atomic E-state index is 0. The van der Waals surface area contributed by atoms with Crippen molar-refractivity contribution < 1.29 is 0 Å². The molecule has 426 valence electrons. The van der Waals surface area contributed by atoms with E-state index in [1.807, 2.05) is 19.2 Å². The molecule has 0 atom stereocenters. The molecule has 0 saturated heterocycles. The molecule has 8 N–H and O–H groups in total. The van der Waals surface area contributed by atoms with Crippen LogP contribution in [0.4, 0.5) is 23.3 Å². The van der Waals surface area contributed by atoms with Crippen LogP contribution >= 0.6 is 0 Å². The molecule has 12 rings (SSSR count). The number of benzene rings is 6. The molecule has 2 aliphatic rings. The number of allylic oxidation sites excluding steroid dienone is 2. The van der Waals surface area contributed by atoms with Gasteiger partial charge in [0.1, 0.15) is 5.82 Å². The van der Waals surface area contributed by atoms with E-state index in [9.17, 15) is 0 Å². The van der Waals surface area contributed by atoms with E-state index in [0.717, 1.165) is 75.5 Å². The van der Waals surface area contributed by atoms with E-state index >= 15 is 0 Å². The van der Waals surface area contributed by atoms with Crippen LogP contribution in [0.15, 0.2) is 152 Å². The fourth-order valence-corrected chi connectivity index (χ4v) is 9.42. The van der Waals surface area contributed by atoms with Gasteiger partial charge in [0.2, 0.25) is 11.9 Å². The Bertz CT molecular complexity index is 3610. The van der Waals surface area contributed by atoms with Gasteiger partial charge in [-0.3, -0.25) is 0 Å². The second-order valence-electron chi connectivity index (χ2n) is 22.9. The van der Waals surface area contributed by atoms with E-state index in [0.29, 0.717) is 41.5 Å². The Kier molecular flexibility index (Phi) is 21.7. The van der Waals surface area contributed by atoms with E-state index in [1.54, 1.807) is 6.20 Å². The van der Waals surface area contributed by atoms with Crippen LogP contribution in [-0.2, 0) is 12.8 Å². The van der Waals surface area contributed by atoms with Gasteiger partial charge in [-0.2, -0.15) is 0 Å². The van der Waals surface area contributed by atoms with Crippen LogP contribution in [0.1, 0.15) is 183 Å². The highest BCUT2D eigenvalue weighted by Crippen LogP contribution is 2.32. The third-order valence-corrected chi connectivity index (χ3v) is 14.4. The van der Waals surface area contributed by atoms with Gasteiger partial charge in [0.25, 0.3) is 0 Å². The zero-order chi connectivity index (χ0) is 57.8. The van der Waals surface area contributed by atoms with Gasteiger partial charge in [-0.05, 0) is 166 Å². The normalized spacial score (nSPS) is 12.1. The fourth-order valence-electron chi connectivity index (χ4n) is 9.42. The lowest BCUT2D eigenvalue weighted by molar-refractivity contribution is 0.865. The van der Waals surface area contributed by atoms with Gasteiger partial charge in [0, 0.05) is 65.5 Å². The van der Waals surface area contributed by atoms with Crippen molar-refractivity contribution in [3.05, 3.63) is 203 Å². The maximum atomic E-state index is 5.50. The summed E-state index contributed by atoms with van der Waals surface area (Å²) in [5, 5.41) is 12.1. The summed E-state index contributed by atoms with van der Waals surface area (Å²) in [6, 6.07) is 40.9. The number of hydrogen-bond donors (Lipinski definition) is 7. The smallest absolute Gasteiger partial charge is 0.220 e. The minimum Gasteiger partial charge on any atom is -0.368 e. The fraction of sp³-hybridized carbons (Fsp3) is 0.343. The van der Waals surface area contributed by atoms with Crippen molar-refractivity contribution in [1.82, 2.24) is 34.9 Å². The molecule has 0 spiro atoms. The van der Waals surface area contributed by atoms with Crippen LogP contribution in [0.5, 0.6) is 0 Å². The predicted molar refractivity (Wildman–Crippen MR) is 350 cm³/mol. The Morgan fingerprint density at radius 2 is 0.926 bits per heavy atom. The number of nitrogens with two attached hydrogens (primary N) is 1. The van der Waals surface area contributed by atoms with E-state index in [1.165, 1.54) is 66.8 Å². The molecule has 2 aliphatic heterocycles. The lowest BCUT2D eigenvalue weighted by atomic mass is 10.00. The molecule has 10 aromatic rings. The number of aryl methyl sites for hydroxylation is 1. The number of aromatic amines is 3. The maximum Gasteiger partial charge on any atom is 0.220 e. The average Bonchev–Trinajstić information content (AvgIpc) is 4.31. The van der Waals surface area contributed by atoms with Gasteiger partial charge in [-0.1, -0.05) is 152 Å².